The fourth-order valence-electron chi connectivity index (χ4n) is 1.90. The number of hydrogen-bond acceptors (Lipinski definition) is 3. The summed E-state index contributed by atoms with van der Waals surface area (Å²) in [5.74, 6) is 10.1. The van der Waals surface area contributed by atoms with Crippen molar-refractivity contribution in [2.45, 2.75) is 23.8 Å². The molecule has 3 heteroatoms. The van der Waals surface area contributed by atoms with Gasteiger partial charge >= 0.3 is 0 Å². The van der Waals surface area contributed by atoms with Crippen LogP contribution in [0, 0.1) is 11.8 Å². The highest BCUT2D eigenvalue weighted by molar-refractivity contribution is 8.21. The normalized spacial score (nSPS) is 17.0. The van der Waals surface area contributed by atoms with E-state index in [2.05, 4.69) is 18.8 Å². The number of methoxy groups -OCH3 is 1. The third-order valence-corrected chi connectivity index (χ3v) is 6.15. The molecule has 0 amide bonds. The maximum absolute atomic E-state index is 5.15. The molecule has 1 aliphatic rings. The van der Waals surface area contributed by atoms with Crippen LogP contribution in [-0.4, -0.2) is 22.7 Å². The summed E-state index contributed by atoms with van der Waals surface area (Å²) in [6.45, 7) is 2.23. The molecule has 1 aromatic rings. The molecule has 0 atom stereocenters. The molecular weight excluding hydrogens is 260 g/mol. The summed E-state index contributed by atoms with van der Waals surface area (Å²) in [5, 5.41) is 0. The summed E-state index contributed by atoms with van der Waals surface area (Å²) in [4.78, 5) is 0. The Kier molecular flexibility index (Phi) is 4.91. The Morgan fingerprint density at radius 2 is 1.89 bits per heavy atom. The fraction of sp³-hybridized carbons (Fsp3) is 0.467. The van der Waals surface area contributed by atoms with Crippen molar-refractivity contribution in [3.05, 3.63) is 29.8 Å². The van der Waals surface area contributed by atoms with Gasteiger partial charge in [0.25, 0.3) is 0 Å². The highest BCUT2D eigenvalue weighted by atomic mass is 32.2. The molecule has 0 unspecified atom stereocenters. The standard InChI is InChI=1S/C15H18OS2/c1-3-9-15(17-11-12-18-15)10-8-13-4-6-14(16-2)7-5-13/h4-7H,3,9,11-12H2,1-2H3. The fourth-order valence-corrected chi connectivity index (χ4v) is 5.01. The van der Waals surface area contributed by atoms with E-state index in [1.807, 2.05) is 47.8 Å². The van der Waals surface area contributed by atoms with Gasteiger partial charge in [-0.15, -0.1) is 23.5 Å². The molecule has 96 valence electrons. The predicted molar refractivity (Wildman–Crippen MR) is 82.4 cm³/mol. The molecule has 1 fully saturated rings. The SMILES string of the molecule is CCCC1(C#Cc2ccc(OC)cc2)SCCS1. The van der Waals surface area contributed by atoms with Gasteiger partial charge in [0.1, 0.15) is 9.83 Å². The van der Waals surface area contributed by atoms with Crippen molar-refractivity contribution in [3.8, 4) is 17.6 Å². The van der Waals surface area contributed by atoms with Crippen LogP contribution in [0.3, 0.4) is 0 Å². The Hall–Kier alpha value is -0.720. The first kappa shape index (κ1) is 13.7. The maximum atomic E-state index is 5.15. The van der Waals surface area contributed by atoms with Gasteiger partial charge in [0.2, 0.25) is 0 Å². The number of rotatable bonds is 3. The van der Waals surface area contributed by atoms with Gasteiger partial charge in [0, 0.05) is 17.1 Å². The molecule has 0 N–H and O–H groups in total. The van der Waals surface area contributed by atoms with E-state index < -0.39 is 0 Å². The number of ether oxygens (including phenoxy) is 1. The first-order valence-electron chi connectivity index (χ1n) is 6.23. The van der Waals surface area contributed by atoms with E-state index >= 15 is 0 Å². The van der Waals surface area contributed by atoms with E-state index in [4.69, 9.17) is 4.74 Å². The summed E-state index contributed by atoms with van der Waals surface area (Å²) < 4.78 is 5.28. The van der Waals surface area contributed by atoms with E-state index in [-0.39, 0.29) is 4.08 Å². The van der Waals surface area contributed by atoms with Gasteiger partial charge in [-0.3, -0.25) is 0 Å². The molecule has 0 saturated carbocycles. The Balaban J connectivity index is 2.13. The van der Waals surface area contributed by atoms with E-state index in [1.165, 1.54) is 24.3 Å². The van der Waals surface area contributed by atoms with Crippen molar-refractivity contribution in [1.82, 2.24) is 0 Å². The molecule has 1 saturated heterocycles. The Bertz CT molecular complexity index is 436. The van der Waals surface area contributed by atoms with Gasteiger partial charge in [-0.05, 0) is 30.7 Å². The molecule has 2 rings (SSSR count). The quantitative estimate of drug-likeness (QED) is 0.773. The second-order valence-corrected chi connectivity index (χ2v) is 7.22. The largest absolute Gasteiger partial charge is 0.497 e. The lowest BCUT2D eigenvalue weighted by molar-refractivity contribution is 0.415. The smallest absolute Gasteiger partial charge is 0.122 e. The molecule has 0 spiro atoms. The van der Waals surface area contributed by atoms with Crippen molar-refractivity contribution in [3.63, 3.8) is 0 Å². The Morgan fingerprint density at radius 1 is 1.22 bits per heavy atom. The monoisotopic (exact) mass is 278 g/mol. The van der Waals surface area contributed by atoms with Crippen molar-refractivity contribution in [2.75, 3.05) is 18.6 Å². The molecule has 0 bridgehead atoms. The van der Waals surface area contributed by atoms with Crippen LogP contribution in [-0.2, 0) is 0 Å². The summed E-state index contributed by atoms with van der Waals surface area (Å²) in [5.41, 5.74) is 1.07. The van der Waals surface area contributed by atoms with Crippen molar-refractivity contribution < 1.29 is 4.74 Å². The Morgan fingerprint density at radius 3 is 2.44 bits per heavy atom. The summed E-state index contributed by atoms with van der Waals surface area (Å²) in [6, 6.07) is 7.97. The molecule has 18 heavy (non-hydrogen) atoms. The zero-order chi connectivity index (χ0) is 12.8. The lowest BCUT2D eigenvalue weighted by atomic mass is 10.2. The summed E-state index contributed by atoms with van der Waals surface area (Å²) >= 11 is 4.01. The minimum atomic E-state index is 0.134. The average molecular weight is 278 g/mol. The van der Waals surface area contributed by atoms with Crippen LogP contribution < -0.4 is 4.74 Å². The average Bonchev–Trinajstić information content (AvgIpc) is 2.87. The second kappa shape index (κ2) is 6.45. The molecule has 0 radical (unpaired) electrons. The maximum Gasteiger partial charge on any atom is 0.122 e. The van der Waals surface area contributed by atoms with Gasteiger partial charge in [-0.25, -0.2) is 0 Å². The number of hydrogen-bond donors (Lipinski definition) is 0. The molecule has 0 aliphatic carbocycles. The Labute approximate surface area is 118 Å². The first-order chi connectivity index (χ1) is 8.78. The minimum absolute atomic E-state index is 0.134. The van der Waals surface area contributed by atoms with Crippen molar-refractivity contribution in [1.29, 1.82) is 0 Å². The summed E-state index contributed by atoms with van der Waals surface area (Å²) in [6.07, 6.45) is 2.36. The zero-order valence-electron chi connectivity index (χ0n) is 10.9. The van der Waals surface area contributed by atoms with Crippen LogP contribution in [0.1, 0.15) is 25.3 Å². The van der Waals surface area contributed by atoms with Gasteiger partial charge in [-0.1, -0.05) is 25.2 Å². The minimum Gasteiger partial charge on any atom is -0.497 e. The van der Waals surface area contributed by atoms with Gasteiger partial charge in [0.05, 0.1) is 7.11 Å². The highest BCUT2D eigenvalue weighted by Gasteiger charge is 2.32. The molecule has 0 aromatic heterocycles. The van der Waals surface area contributed by atoms with Crippen LogP contribution in [0.5, 0.6) is 5.75 Å². The summed E-state index contributed by atoms with van der Waals surface area (Å²) in [7, 11) is 1.68. The topological polar surface area (TPSA) is 9.23 Å². The number of thioether (sulfide) groups is 2. The van der Waals surface area contributed by atoms with Crippen LogP contribution in [0.4, 0.5) is 0 Å². The van der Waals surface area contributed by atoms with E-state index in [9.17, 15) is 0 Å². The lowest BCUT2D eigenvalue weighted by Crippen LogP contribution is -2.13. The zero-order valence-corrected chi connectivity index (χ0v) is 12.5. The van der Waals surface area contributed by atoms with Crippen molar-refractivity contribution >= 4 is 23.5 Å². The van der Waals surface area contributed by atoms with Crippen LogP contribution in [0.25, 0.3) is 0 Å². The van der Waals surface area contributed by atoms with Crippen LogP contribution in [0.15, 0.2) is 24.3 Å². The third kappa shape index (κ3) is 3.40. The molecule has 1 aromatic carbocycles. The van der Waals surface area contributed by atoms with Gasteiger partial charge in [-0.2, -0.15) is 0 Å². The van der Waals surface area contributed by atoms with Gasteiger partial charge < -0.3 is 4.74 Å². The van der Waals surface area contributed by atoms with E-state index in [0.29, 0.717) is 0 Å². The third-order valence-electron chi connectivity index (χ3n) is 2.82. The molecule has 1 aliphatic heterocycles. The second-order valence-electron chi connectivity index (χ2n) is 4.18. The molecular formula is C15H18OS2. The molecule has 1 nitrogen and oxygen atoms in total. The van der Waals surface area contributed by atoms with E-state index in [1.54, 1.807) is 7.11 Å². The van der Waals surface area contributed by atoms with Crippen molar-refractivity contribution in [2.24, 2.45) is 0 Å². The molecule has 1 heterocycles. The van der Waals surface area contributed by atoms with E-state index in [0.717, 1.165) is 11.3 Å². The first-order valence-corrected chi connectivity index (χ1v) is 8.20. The highest BCUT2D eigenvalue weighted by Crippen LogP contribution is 2.46. The predicted octanol–water partition coefficient (Wildman–Crippen LogP) is 4.02. The van der Waals surface area contributed by atoms with Crippen LogP contribution in [0.2, 0.25) is 0 Å². The lowest BCUT2D eigenvalue weighted by Gasteiger charge is -2.19. The van der Waals surface area contributed by atoms with Crippen LogP contribution >= 0.6 is 23.5 Å². The van der Waals surface area contributed by atoms with Gasteiger partial charge in [0.15, 0.2) is 0 Å². The number of benzene rings is 1.